The zero-order chi connectivity index (χ0) is 16.2. The zero-order valence-electron chi connectivity index (χ0n) is 13.8. The number of carbonyl (C=O) groups is 1. The van der Waals surface area contributed by atoms with E-state index in [-0.39, 0.29) is 18.5 Å². The van der Waals surface area contributed by atoms with Crippen LogP contribution in [0.15, 0.2) is 30.3 Å². The molecule has 1 aliphatic heterocycles. The molecule has 3 nitrogen and oxygen atoms in total. The number of ether oxygens (including phenoxy) is 1. The molecule has 1 aromatic rings. The Morgan fingerprint density at radius 2 is 1.96 bits per heavy atom. The second kappa shape index (κ2) is 7.31. The van der Waals surface area contributed by atoms with Crippen molar-refractivity contribution in [2.24, 2.45) is 5.92 Å². The highest BCUT2D eigenvalue weighted by Gasteiger charge is 2.31. The van der Waals surface area contributed by atoms with Gasteiger partial charge in [0.05, 0.1) is 12.5 Å². The van der Waals surface area contributed by atoms with Crippen molar-refractivity contribution in [1.29, 1.82) is 0 Å². The third-order valence-corrected chi connectivity index (χ3v) is 5.03. The van der Waals surface area contributed by atoms with E-state index >= 15 is 0 Å². The lowest BCUT2D eigenvalue weighted by Crippen LogP contribution is -2.33. The Bertz CT molecular complexity index is 584. The minimum Gasteiger partial charge on any atom is -0.457 e. The standard InChI is InChI=1S/C20H26O3/c1-14-7-5-6-10-17(14)18(11-15-8-3-2-4-9-15)19-12-16(21)13-20(22)23-19/h5-7,10-11,15-16,19,21H,2-4,8-9,12-13H2,1H3. The van der Waals surface area contributed by atoms with Crippen LogP contribution in [0.25, 0.3) is 5.57 Å². The molecule has 2 atom stereocenters. The first kappa shape index (κ1) is 16.3. The van der Waals surface area contributed by atoms with Crippen LogP contribution in [-0.4, -0.2) is 23.3 Å². The van der Waals surface area contributed by atoms with Gasteiger partial charge in [-0.2, -0.15) is 0 Å². The molecule has 0 amide bonds. The topological polar surface area (TPSA) is 46.5 Å². The van der Waals surface area contributed by atoms with E-state index < -0.39 is 6.10 Å². The Hall–Kier alpha value is -1.61. The average molecular weight is 314 g/mol. The summed E-state index contributed by atoms with van der Waals surface area (Å²) in [6.45, 7) is 2.09. The Morgan fingerprint density at radius 1 is 1.22 bits per heavy atom. The summed E-state index contributed by atoms with van der Waals surface area (Å²) < 4.78 is 5.60. The highest BCUT2D eigenvalue weighted by Crippen LogP contribution is 2.34. The lowest BCUT2D eigenvalue weighted by Gasteiger charge is -2.30. The van der Waals surface area contributed by atoms with Gasteiger partial charge in [-0.1, -0.05) is 49.6 Å². The Balaban J connectivity index is 1.94. The van der Waals surface area contributed by atoms with Gasteiger partial charge in [0.2, 0.25) is 0 Å². The number of rotatable bonds is 3. The van der Waals surface area contributed by atoms with E-state index in [1.807, 2.05) is 12.1 Å². The van der Waals surface area contributed by atoms with Crippen LogP contribution in [0, 0.1) is 12.8 Å². The molecule has 2 unspecified atom stereocenters. The quantitative estimate of drug-likeness (QED) is 0.857. The molecule has 1 saturated carbocycles. The van der Waals surface area contributed by atoms with Crippen LogP contribution >= 0.6 is 0 Å². The van der Waals surface area contributed by atoms with Crippen molar-refractivity contribution in [2.75, 3.05) is 0 Å². The molecule has 124 valence electrons. The first-order chi connectivity index (χ1) is 11.1. The number of aliphatic hydroxyl groups excluding tert-OH is 1. The molecule has 1 saturated heterocycles. The summed E-state index contributed by atoms with van der Waals surface area (Å²) in [5, 5.41) is 9.99. The molecular weight excluding hydrogens is 288 g/mol. The van der Waals surface area contributed by atoms with Crippen LogP contribution < -0.4 is 0 Å². The number of esters is 1. The van der Waals surface area contributed by atoms with Gasteiger partial charge >= 0.3 is 5.97 Å². The van der Waals surface area contributed by atoms with Crippen LogP contribution in [0.5, 0.6) is 0 Å². The van der Waals surface area contributed by atoms with E-state index in [2.05, 4.69) is 25.1 Å². The lowest BCUT2D eigenvalue weighted by atomic mass is 9.83. The molecule has 1 heterocycles. The van der Waals surface area contributed by atoms with Gasteiger partial charge in [0, 0.05) is 6.42 Å². The summed E-state index contributed by atoms with van der Waals surface area (Å²) in [6, 6.07) is 8.24. The SMILES string of the molecule is Cc1ccccc1C(=CC1CCCCC1)C1CC(O)CC(=O)O1. The molecule has 0 bridgehead atoms. The van der Waals surface area contributed by atoms with Crippen molar-refractivity contribution in [2.45, 2.75) is 64.1 Å². The third kappa shape index (κ3) is 4.03. The number of aryl methyl sites for hydroxylation is 1. The van der Waals surface area contributed by atoms with Crippen molar-refractivity contribution >= 4 is 11.5 Å². The summed E-state index contributed by atoms with van der Waals surface area (Å²) in [5.74, 6) is 0.257. The monoisotopic (exact) mass is 314 g/mol. The molecule has 1 N–H and O–H groups in total. The molecule has 3 rings (SSSR count). The lowest BCUT2D eigenvalue weighted by molar-refractivity contribution is -0.155. The van der Waals surface area contributed by atoms with E-state index in [1.165, 1.54) is 37.7 Å². The number of hydrogen-bond donors (Lipinski definition) is 1. The van der Waals surface area contributed by atoms with Gasteiger partial charge in [0.1, 0.15) is 6.10 Å². The molecular formula is C20H26O3. The number of aliphatic hydroxyl groups is 1. The summed E-state index contributed by atoms with van der Waals surface area (Å²) in [5.41, 5.74) is 3.41. The third-order valence-electron chi connectivity index (χ3n) is 5.03. The van der Waals surface area contributed by atoms with Crippen molar-refractivity contribution in [3.63, 3.8) is 0 Å². The molecule has 1 aromatic carbocycles. The van der Waals surface area contributed by atoms with Crippen molar-refractivity contribution in [1.82, 2.24) is 0 Å². The summed E-state index contributed by atoms with van der Waals surface area (Å²) in [6.07, 6.45) is 8.29. The molecule has 23 heavy (non-hydrogen) atoms. The van der Waals surface area contributed by atoms with Gasteiger partial charge in [0.25, 0.3) is 0 Å². The van der Waals surface area contributed by atoms with E-state index in [9.17, 15) is 9.90 Å². The van der Waals surface area contributed by atoms with Gasteiger partial charge in [-0.25, -0.2) is 0 Å². The van der Waals surface area contributed by atoms with Crippen molar-refractivity contribution in [3.8, 4) is 0 Å². The minimum absolute atomic E-state index is 0.112. The number of hydrogen-bond acceptors (Lipinski definition) is 3. The molecule has 0 radical (unpaired) electrons. The summed E-state index contributed by atoms with van der Waals surface area (Å²) >= 11 is 0. The molecule has 3 heteroatoms. The maximum Gasteiger partial charge on any atom is 0.309 e. The number of allylic oxidation sites excluding steroid dienone is 1. The highest BCUT2D eigenvalue weighted by atomic mass is 16.5. The maximum absolute atomic E-state index is 11.8. The average Bonchev–Trinajstić information content (AvgIpc) is 2.53. The second-order valence-corrected chi connectivity index (χ2v) is 6.91. The van der Waals surface area contributed by atoms with Crippen LogP contribution in [0.2, 0.25) is 0 Å². The van der Waals surface area contributed by atoms with Gasteiger partial charge in [-0.15, -0.1) is 0 Å². The first-order valence-electron chi connectivity index (χ1n) is 8.78. The molecule has 2 aliphatic rings. The van der Waals surface area contributed by atoms with Gasteiger partial charge in [0.15, 0.2) is 0 Å². The molecule has 0 spiro atoms. The normalized spacial score (nSPS) is 26.9. The Morgan fingerprint density at radius 3 is 2.65 bits per heavy atom. The van der Waals surface area contributed by atoms with Crippen molar-refractivity contribution < 1.29 is 14.6 Å². The van der Waals surface area contributed by atoms with Crippen LogP contribution in [0.3, 0.4) is 0 Å². The van der Waals surface area contributed by atoms with Crippen LogP contribution in [0.4, 0.5) is 0 Å². The number of carbonyl (C=O) groups excluding carboxylic acids is 1. The smallest absolute Gasteiger partial charge is 0.309 e. The fourth-order valence-electron chi connectivity index (χ4n) is 3.79. The second-order valence-electron chi connectivity index (χ2n) is 6.91. The molecule has 1 aliphatic carbocycles. The summed E-state index contributed by atoms with van der Waals surface area (Å²) in [7, 11) is 0. The molecule has 2 fully saturated rings. The molecule has 0 aromatic heterocycles. The Kier molecular flexibility index (Phi) is 5.16. The van der Waals surface area contributed by atoms with Gasteiger partial charge in [-0.05, 0) is 42.4 Å². The van der Waals surface area contributed by atoms with Crippen molar-refractivity contribution in [3.05, 3.63) is 41.5 Å². The first-order valence-corrected chi connectivity index (χ1v) is 8.78. The maximum atomic E-state index is 11.8. The highest BCUT2D eigenvalue weighted by molar-refractivity contribution is 5.77. The predicted molar refractivity (Wildman–Crippen MR) is 90.9 cm³/mol. The number of cyclic esters (lactones) is 1. The largest absolute Gasteiger partial charge is 0.457 e. The van der Waals surface area contributed by atoms with Crippen LogP contribution in [-0.2, 0) is 9.53 Å². The zero-order valence-corrected chi connectivity index (χ0v) is 13.8. The van der Waals surface area contributed by atoms with E-state index in [0.29, 0.717) is 12.3 Å². The fourth-order valence-corrected chi connectivity index (χ4v) is 3.79. The predicted octanol–water partition coefficient (Wildman–Crippen LogP) is 4.03. The van der Waals surface area contributed by atoms with Gasteiger partial charge in [-0.3, -0.25) is 4.79 Å². The van der Waals surface area contributed by atoms with E-state index in [0.717, 1.165) is 11.1 Å². The van der Waals surface area contributed by atoms with Crippen LogP contribution in [0.1, 0.15) is 56.1 Å². The number of benzene rings is 1. The van der Waals surface area contributed by atoms with E-state index in [4.69, 9.17) is 4.74 Å². The minimum atomic E-state index is -0.597. The summed E-state index contributed by atoms with van der Waals surface area (Å²) in [4.78, 5) is 11.8. The fraction of sp³-hybridized carbons (Fsp3) is 0.550. The Labute approximate surface area is 138 Å². The van der Waals surface area contributed by atoms with Gasteiger partial charge < -0.3 is 9.84 Å². The van der Waals surface area contributed by atoms with E-state index in [1.54, 1.807) is 0 Å².